The van der Waals surface area contributed by atoms with Gasteiger partial charge in [-0.05, 0) is 30.7 Å². The van der Waals surface area contributed by atoms with Crippen molar-refractivity contribution >= 4 is 23.3 Å². The number of carboxylic acid groups (broad SMARTS) is 1. The second-order valence-corrected chi connectivity index (χ2v) is 6.98. The number of carbonyl (C=O) groups is 2. The van der Waals surface area contributed by atoms with Crippen molar-refractivity contribution < 1.29 is 24.2 Å². The number of fused-ring (bicyclic) bond motifs is 3. The monoisotopic (exact) mass is 422 g/mol. The lowest BCUT2D eigenvalue weighted by molar-refractivity contribution is -0.137. The highest BCUT2D eigenvalue weighted by molar-refractivity contribution is 6.11. The van der Waals surface area contributed by atoms with Gasteiger partial charge in [-0.25, -0.2) is 0 Å². The molecule has 0 saturated carbocycles. The van der Waals surface area contributed by atoms with Crippen LogP contribution in [0.5, 0.6) is 11.5 Å². The Kier molecular flexibility index (Phi) is 5.83. The predicted molar refractivity (Wildman–Crippen MR) is 114 cm³/mol. The Morgan fingerprint density at radius 3 is 2.94 bits per heavy atom. The number of carbonyl (C=O) groups excluding carboxylic acids is 1. The summed E-state index contributed by atoms with van der Waals surface area (Å²) in [6.45, 7) is 1.52. The molecule has 0 bridgehead atoms. The number of rotatable bonds is 8. The van der Waals surface area contributed by atoms with Crippen molar-refractivity contribution in [2.24, 2.45) is 4.99 Å². The van der Waals surface area contributed by atoms with Crippen LogP contribution in [-0.4, -0.2) is 59.4 Å². The summed E-state index contributed by atoms with van der Waals surface area (Å²) in [6, 6.07) is 7.10. The van der Waals surface area contributed by atoms with Crippen molar-refractivity contribution in [1.29, 1.82) is 0 Å². The summed E-state index contributed by atoms with van der Waals surface area (Å²) in [5.74, 6) is 1.28. The number of carboxylic acids is 1. The van der Waals surface area contributed by atoms with Crippen molar-refractivity contribution in [3.05, 3.63) is 59.7 Å². The third-order valence-electron chi connectivity index (χ3n) is 4.96. The maximum Gasteiger partial charge on any atom is 0.303 e. The number of benzene rings is 1. The number of anilines is 1. The Morgan fingerprint density at radius 2 is 2.19 bits per heavy atom. The molecule has 9 heteroatoms. The number of amidine groups is 1. The quantitative estimate of drug-likeness (QED) is 0.379. The number of allylic oxidation sites excluding steroid dienone is 1. The maximum atomic E-state index is 12.7. The Morgan fingerprint density at radius 1 is 1.32 bits per heavy atom. The fourth-order valence-electron chi connectivity index (χ4n) is 3.53. The molecule has 31 heavy (non-hydrogen) atoms. The molecule has 0 atom stereocenters. The van der Waals surface area contributed by atoms with E-state index in [1.807, 2.05) is 11.0 Å². The molecule has 0 fully saturated rings. The van der Waals surface area contributed by atoms with Crippen LogP contribution in [0.25, 0.3) is 0 Å². The molecule has 0 radical (unpaired) electrons. The van der Waals surface area contributed by atoms with E-state index < -0.39 is 5.97 Å². The van der Waals surface area contributed by atoms with E-state index in [-0.39, 0.29) is 18.8 Å². The van der Waals surface area contributed by atoms with E-state index in [4.69, 9.17) is 14.6 Å². The number of pyridine rings is 1. The van der Waals surface area contributed by atoms with E-state index in [1.54, 1.807) is 24.4 Å². The standard InChI is InChI=1S/C22H22N4O5/c1-30-21-17(31-11-3-5-19(28)29)7-6-15-20(21)25-18(26-10-9-24-22(15)26)12-16(27)14-4-2-8-23-13-14/h2,4,6-8,12-13,25H,3,5,9-11H2,1H3,(H,28,29). The molecule has 2 aliphatic heterocycles. The SMILES string of the molecule is COc1c(OCCCC(=O)O)ccc2c1NC(=CC(=O)c1cccnc1)N1CCN=C21. The summed E-state index contributed by atoms with van der Waals surface area (Å²) < 4.78 is 11.4. The second kappa shape index (κ2) is 8.86. The average Bonchev–Trinajstić information content (AvgIpc) is 3.27. The first-order valence-corrected chi connectivity index (χ1v) is 9.89. The van der Waals surface area contributed by atoms with E-state index in [1.165, 1.54) is 19.4 Å². The Hall–Kier alpha value is -3.88. The zero-order valence-corrected chi connectivity index (χ0v) is 17.0. The first-order valence-electron chi connectivity index (χ1n) is 9.89. The molecule has 4 rings (SSSR count). The molecule has 3 heterocycles. The van der Waals surface area contributed by atoms with Gasteiger partial charge in [-0.1, -0.05) is 0 Å². The van der Waals surface area contributed by atoms with Crippen molar-refractivity contribution in [2.75, 3.05) is 32.1 Å². The van der Waals surface area contributed by atoms with Crippen molar-refractivity contribution in [2.45, 2.75) is 12.8 Å². The van der Waals surface area contributed by atoms with Gasteiger partial charge >= 0.3 is 5.97 Å². The number of aliphatic imine (C=N–C) groups is 1. The highest BCUT2D eigenvalue weighted by atomic mass is 16.5. The number of hydrogen-bond donors (Lipinski definition) is 2. The van der Waals surface area contributed by atoms with Crippen LogP contribution in [0.3, 0.4) is 0 Å². The lowest BCUT2D eigenvalue weighted by Gasteiger charge is -2.32. The summed E-state index contributed by atoms with van der Waals surface area (Å²) in [5.41, 5.74) is 1.99. The normalized spacial score (nSPS) is 15.6. The van der Waals surface area contributed by atoms with Crippen LogP contribution in [0, 0.1) is 0 Å². The number of aliphatic carboxylic acids is 1. The number of ether oxygens (including phenoxy) is 2. The van der Waals surface area contributed by atoms with Gasteiger partial charge in [0.15, 0.2) is 17.3 Å². The Labute approximate surface area is 179 Å². The molecule has 0 unspecified atom stereocenters. The largest absolute Gasteiger partial charge is 0.491 e. The zero-order valence-electron chi connectivity index (χ0n) is 17.0. The van der Waals surface area contributed by atoms with Gasteiger partial charge in [0.2, 0.25) is 0 Å². The third-order valence-corrected chi connectivity index (χ3v) is 4.96. The van der Waals surface area contributed by atoms with Gasteiger partial charge < -0.3 is 24.8 Å². The number of hydrogen-bond acceptors (Lipinski definition) is 8. The molecule has 160 valence electrons. The molecular formula is C22H22N4O5. The van der Waals surface area contributed by atoms with Crippen LogP contribution in [0.2, 0.25) is 0 Å². The first-order chi connectivity index (χ1) is 15.1. The number of ketones is 1. The molecule has 0 spiro atoms. The third kappa shape index (κ3) is 4.20. The molecule has 9 nitrogen and oxygen atoms in total. The lowest BCUT2D eigenvalue weighted by Crippen LogP contribution is -2.36. The number of nitrogens with zero attached hydrogens (tertiary/aromatic N) is 3. The van der Waals surface area contributed by atoms with Gasteiger partial charge in [-0.15, -0.1) is 0 Å². The minimum atomic E-state index is -0.866. The lowest BCUT2D eigenvalue weighted by atomic mass is 10.1. The zero-order chi connectivity index (χ0) is 21.8. The van der Waals surface area contributed by atoms with Crippen LogP contribution in [0.15, 0.2) is 53.5 Å². The van der Waals surface area contributed by atoms with E-state index in [0.717, 1.165) is 11.4 Å². The van der Waals surface area contributed by atoms with Crippen molar-refractivity contribution in [1.82, 2.24) is 9.88 Å². The Balaban J connectivity index is 1.65. The maximum absolute atomic E-state index is 12.7. The van der Waals surface area contributed by atoms with E-state index in [9.17, 15) is 9.59 Å². The highest BCUT2D eigenvalue weighted by Gasteiger charge is 2.33. The topological polar surface area (TPSA) is 113 Å². The number of methoxy groups -OCH3 is 1. The van der Waals surface area contributed by atoms with Crippen molar-refractivity contribution in [3.8, 4) is 11.5 Å². The smallest absolute Gasteiger partial charge is 0.303 e. The average molecular weight is 422 g/mol. The molecule has 0 amide bonds. The summed E-state index contributed by atoms with van der Waals surface area (Å²) in [4.78, 5) is 34.0. The van der Waals surface area contributed by atoms with Crippen LogP contribution in [0.1, 0.15) is 28.8 Å². The highest BCUT2D eigenvalue weighted by Crippen LogP contribution is 2.43. The summed E-state index contributed by atoms with van der Waals surface area (Å²) in [5, 5.41) is 12.1. The van der Waals surface area contributed by atoms with Gasteiger partial charge in [-0.3, -0.25) is 19.6 Å². The van der Waals surface area contributed by atoms with Crippen LogP contribution < -0.4 is 14.8 Å². The van der Waals surface area contributed by atoms with Gasteiger partial charge in [0.05, 0.1) is 25.9 Å². The van der Waals surface area contributed by atoms with E-state index in [2.05, 4.69) is 15.3 Å². The first kappa shape index (κ1) is 20.4. The molecular weight excluding hydrogens is 400 g/mol. The van der Waals surface area contributed by atoms with Gasteiger partial charge in [0.25, 0.3) is 0 Å². The van der Waals surface area contributed by atoms with Gasteiger partial charge in [0, 0.05) is 42.6 Å². The van der Waals surface area contributed by atoms with E-state index in [0.29, 0.717) is 48.1 Å². The predicted octanol–water partition coefficient (Wildman–Crippen LogP) is 2.55. The molecule has 0 saturated heterocycles. The van der Waals surface area contributed by atoms with Crippen LogP contribution >= 0.6 is 0 Å². The van der Waals surface area contributed by atoms with Crippen molar-refractivity contribution in [3.63, 3.8) is 0 Å². The summed E-state index contributed by atoms with van der Waals surface area (Å²) >= 11 is 0. The van der Waals surface area contributed by atoms with E-state index >= 15 is 0 Å². The summed E-state index contributed by atoms with van der Waals surface area (Å²) in [6.07, 6.45) is 5.08. The number of nitrogens with one attached hydrogen (secondary N) is 1. The molecule has 1 aromatic heterocycles. The minimum absolute atomic E-state index is 0.0284. The van der Waals surface area contributed by atoms with Crippen LogP contribution in [0.4, 0.5) is 5.69 Å². The summed E-state index contributed by atoms with van der Waals surface area (Å²) in [7, 11) is 1.54. The van der Waals surface area contributed by atoms with Gasteiger partial charge in [0.1, 0.15) is 11.7 Å². The fourth-order valence-corrected chi connectivity index (χ4v) is 3.53. The van der Waals surface area contributed by atoms with Crippen LogP contribution in [-0.2, 0) is 4.79 Å². The molecule has 2 aliphatic rings. The fraction of sp³-hybridized carbons (Fsp3) is 0.273. The second-order valence-electron chi connectivity index (χ2n) is 6.98. The molecule has 2 N–H and O–H groups in total. The molecule has 0 aliphatic carbocycles. The molecule has 1 aromatic carbocycles. The molecule has 2 aromatic rings. The van der Waals surface area contributed by atoms with Gasteiger partial charge in [-0.2, -0.15) is 0 Å². The minimum Gasteiger partial charge on any atom is -0.491 e. The Bertz CT molecular complexity index is 1070. The number of aromatic nitrogens is 1.